The lowest BCUT2D eigenvalue weighted by molar-refractivity contribution is -0.103. The Morgan fingerprint density at radius 1 is 1.29 bits per heavy atom. The number of rotatable bonds is 3. The maximum Gasteiger partial charge on any atom is 0.0728 e. The summed E-state index contributed by atoms with van der Waals surface area (Å²) in [6, 6.07) is 0. The molecule has 0 radical (unpaired) electrons. The molecule has 0 spiro atoms. The minimum atomic E-state index is -0.667. The maximum absolute atomic E-state index is 10.6. The summed E-state index contributed by atoms with van der Waals surface area (Å²) in [5.41, 5.74) is -0.777. The van der Waals surface area contributed by atoms with E-state index in [1.807, 2.05) is 13.8 Å². The van der Waals surface area contributed by atoms with Gasteiger partial charge in [-0.1, -0.05) is 27.7 Å². The summed E-state index contributed by atoms with van der Waals surface area (Å²) in [7, 11) is 0. The lowest BCUT2D eigenvalue weighted by Crippen LogP contribution is -2.47. The van der Waals surface area contributed by atoms with Gasteiger partial charge in [-0.15, -0.1) is 0 Å². The Balaban J connectivity index is 2.86. The monoisotopic (exact) mass is 200 g/mol. The normalized spacial score (nSPS) is 35.6. The zero-order chi connectivity index (χ0) is 11.0. The van der Waals surface area contributed by atoms with Gasteiger partial charge in [-0.05, 0) is 31.1 Å². The first-order valence-corrected chi connectivity index (χ1v) is 5.62. The molecule has 0 aliphatic heterocycles. The maximum atomic E-state index is 10.6. The zero-order valence-electron chi connectivity index (χ0n) is 9.93. The van der Waals surface area contributed by atoms with Gasteiger partial charge in [0.05, 0.1) is 12.2 Å². The minimum Gasteiger partial charge on any atom is -0.396 e. The highest BCUT2D eigenvalue weighted by Crippen LogP contribution is 2.52. The third kappa shape index (κ3) is 1.82. The zero-order valence-corrected chi connectivity index (χ0v) is 9.93. The summed E-state index contributed by atoms with van der Waals surface area (Å²) in [4.78, 5) is 0. The van der Waals surface area contributed by atoms with Crippen LogP contribution in [0.5, 0.6) is 0 Å². The molecule has 0 aromatic carbocycles. The van der Waals surface area contributed by atoms with Gasteiger partial charge in [-0.2, -0.15) is 0 Å². The van der Waals surface area contributed by atoms with E-state index in [9.17, 15) is 10.2 Å². The Labute approximate surface area is 87.3 Å². The van der Waals surface area contributed by atoms with Gasteiger partial charge in [0.2, 0.25) is 0 Å². The van der Waals surface area contributed by atoms with Crippen LogP contribution in [0.1, 0.15) is 53.4 Å². The van der Waals surface area contributed by atoms with Crippen LogP contribution in [0.25, 0.3) is 0 Å². The van der Waals surface area contributed by atoms with Gasteiger partial charge in [0.15, 0.2) is 0 Å². The van der Waals surface area contributed by atoms with E-state index in [0.717, 1.165) is 25.7 Å². The van der Waals surface area contributed by atoms with Crippen LogP contribution in [0.4, 0.5) is 0 Å². The van der Waals surface area contributed by atoms with Crippen LogP contribution in [0.3, 0.4) is 0 Å². The fourth-order valence-electron chi connectivity index (χ4n) is 2.62. The molecule has 0 bridgehead atoms. The first-order chi connectivity index (χ1) is 6.29. The van der Waals surface area contributed by atoms with Crippen molar-refractivity contribution in [2.45, 2.75) is 59.0 Å². The van der Waals surface area contributed by atoms with Gasteiger partial charge in [-0.25, -0.2) is 0 Å². The molecular formula is C12H24O2. The fraction of sp³-hybridized carbons (Fsp3) is 1.00. The van der Waals surface area contributed by atoms with Gasteiger partial charge >= 0.3 is 0 Å². The van der Waals surface area contributed by atoms with Crippen molar-refractivity contribution in [2.75, 3.05) is 6.61 Å². The predicted octanol–water partition coefficient (Wildman–Crippen LogP) is 2.34. The minimum absolute atomic E-state index is 0.0794. The van der Waals surface area contributed by atoms with Crippen LogP contribution in [0, 0.1) is 10.8 Å². The molecule has 0 aromatic heterocycles. The molecule has 0 heterocycles. The van der Waals surface area contributed by atoms with E-state index in [4.69, 9.17) is 0 Å². The second kappa shape index (κ2) is 3.49. The van der Waals surface area contributed by atoms with E-state index in [2.05, 4.69) is 13.8 Å². The number of hydrogen-bond acceptors (Lipinski definition) is 2. The number of aliphatic hydroxyl groups excluding tert-OH is 1. The summed E-state index contributed by atoms with van der Waals surface area (Å²) in [6.45, 7) is 8.50. The van der Waals surface area contributed by atoms with Crippen molar-refractivity contribution in [3.05, 3.63) is 0 Å². The molecule has 1 aliphatic rings. The summed E-state index contributed by atoms with van der Waals surface area (Å²) in [5, 5.41) is 20.0. The van der Waals surface area contributed by atoms with Crippen molar-refractivity contribution in [2.24, 2.45) is 10.8 Å². The fourth-order valence-corrected chi connectivity index (χ4v) is 2.62. The quantitative estimate of drug-likeness (QED) is 0.734. The average molecular weight is 200 g/mol. The SMILES string of the molecule is CCC(C)(CO)C1(O)CCC(C)(C)C1. The third-order valence-electron chi connectivity index (χ3n) is 4.24. The molecule has 2 heteroatoms. The van der Waals surface area contributed by atoms with Gasteiger partial charge in [0, 0.05) is 5.41 Å². The molecule has 0 saturated heterocycles. The van der Waals surface area contributed by atoms with Crippen molar-refractivity contribution in [1.29, 1.82) is 0 Å². The molecule has 1 aliphatic carbocycles. The number of hydrogen-bond donors (Lipinski definition) is 2. The Morgan fingerprint density at radius 2 is 1.86 bits per heavy atom. The predicted molar refractivity (Wildman–Crippen MR) is 58.1 cm³/mol. The highest BCUT2D eigenvalue weighted by Gasteiger charge is 2.52. The third-order valence-corrected chi connectivity index (χ3v) is 4.24. The second-order valence-electron chi connectivity index (χ2n) is 5.94. The molecule has 84 valence electrons. The molecule has 2 atom stereocenters. The van der Waals surface area contributed by atoms with E-state index >= 15 is 0 Å². The lowest BCUT2D eigenvalue weighted by atomic mass is 9.69. The summed E-state index contributed by atoms with van der Waals surface area (Å²) in [5.74, 6) is 0. The van der Waals surface area contributed by atoms with E-state index < -0.39 is 5.60 Å². The Bertz CT molecular complexity index is 206. The van der Waals surface area contributed by atoms with Gasteiger partial charge in [-0.3, -0.25) is 0 Å². The molecule has 0 aromatic rings. The molecule has 1 saturated carbocycles. The Morgan fingerprint density at radius 3 is 2.14 bits per heavy atom. The number of aliphatic hydroxyl groups is 2. The summed E-state index contributed by atoms with van der Waals surface area (Å²) < 4.78 is 0. The standard InChI is InChI=1S/C12H24O2/c1-5-11(4,9-13)12(14)7-6-10(2,3)8-12/h13-14H,5-9H2,1-4H3. The molecule has 2 nitrogen and oxygen atoms in total. The topological polar surface area (TPSA) is 40.5 Å². The lowest BCUT2D eigenvalue weighted by Gasteiger charge is -2.42. The van der Waals surface area contributed by atoms with Gasteiger partial charge in [0.1, 0.15) is 0 Å². The summed E-state index contributed by atoms with van der Waals surface area (Å²) in [6.07, 6.45) is 3.52. The van der Waals surface area contributed by atoms with Crippen LogP contribution in [0.2, 0.25) is 0 Å². The Hall–Kier alpha value is -0.0800. The smallest absolute Gasteiger partial charge is 0.0728 e. The molecule has 0 amide bonds. The average Bonchev–Trinajstić information content (AvgIpc) is 2.40. The molecule has 1 rings (SSSR count). The van der Waals surface area contributed by atoms with Crippen LogP contribution >= 0.6 is 0 Å². The second-order valence-corrected chi connectivity index (χ2v) is 5.94. The molecule has 14 heavy (non-hydrogen) atoms. The van der Waals surface area contributed by atoms with E-state index in [1.165, 1.54) is 0 Å². The molecule has 2 N–H and O–H groups in total. The van der Waals surface area contributed by atoms with Crippen molar-refractivity contribution >= 4 is 0 Å². The van der Waals surface area contributed by atoms with Gasteiger partial charge in [0.25, 0.3) is 0 Å². The van der Waals surface area contributed by atoms with Crippen molar-refractivity contribution in [3.8, 4) is 0 Å². The van der Waals surface area contributed by atoms with Crippen LogP contribution in [-0.4, -0.2) is 22.4 Å². The van der Waals surface area contributed by atoms with E-state index in [-0.39, 0.29) is 17.4 Å². The first-order valence-electron chi connectivity index (χ1n) is 5.62. The van der Waals surface area contributed by atoms with Crippen LogP contribution in [-0.2, 0) is 0 Å². The molecule has 1 fully saturated rings. The first kappa shape index (κ1) is 12.0. The molecule has 2 unspecified atom stereocenters. The van der Waals surface area contributed by atoms with E-state index in [1.54, 1.807) is 0 Å². The van der Waals surface area contributed by atoms with Gasteiger partial charge < -0.3 is 10.2 Å². The molecular weight excluding hydrogens is 176 g/mol. The highest BCUT2D eigenvalue weighted by molar-refractivity contribution is 5.03. The summed E-state index contributed by atoms with van der Waals surface area (Å²) >= 11 is 0. The van der Waals surface area contributed by atoms with Crippen LogP contribution < -0.4 is 0 Å². The van der Waals surface area contributed by atoms with Crippen LogP contribution in [0.15, 0.2) is 0 Å². The van der Waals surface area contributed by atoms with Crippen molar-refractivity contribution in [3.63, 3.8) is 0 Å². The van der Waals surface area contributed by atoms with Crippen molar-refractivity contribution < 1.29 is 10.2 Å². The largest absolute Gasteiger partial charge is 0.396 e. The van der Waals surface area contributed by atoms with Crippen molar-refractivity contribution in [1.82, 2.24) is 0 Å². The Kier molecular flexibility index (Phi) is 2.99. The van der Waals surface area contributed by atoms with E-state index in [0.29, 0.717) is 0 Å². The highest BCUT2D eigenvalue weighted by atomic mass is 16.3.